The summed E-state index contributed by atoms with van der Waals surface area (Å²) in [5, 5.41) is 2.20. The number of fused-ring (bicyclic) bond motifs is 14. The SMILES string of the molecule is C\C=C(/C(C)=C\C=C\CCC)c1cccc2c3ccc4c(c3n(C=O)c12)-c1ccccc1C41c2ccccc2-c2ccccc21. The van der Waals surface area contributed by atoms with E-state index in [1.54, 1.807) is 0 Å². The van der Waals surface area contributed by atoms with Crippen molar-refractivity contribution in [1.82, 2.24) is 4.57 Å². The van der Waals surface area contributed by atoms with Gasteiger partial charge in [-0.25, -0.2) is 0 Å². The average molecular weight is 582 g/mol. The molecule has 0 N–H and O–H groups in total. The highest BCUT2D eigenvalue weighted by molar-refractivity contribution is 6.20. The van der Waals surface area contributed by atoms with Crippen LogP contribution in [0, 0.1) is 0 Å². The Morgan fingerprint density at radius 2 is 1.33 bits per heavy atom. The number of para-hydroxylation sites is 1. The molecule has 45 heavy (non-hydrogen) atoms. The van der Waals surface area contributed by atoms with Crippen molar-refractivity contribution in [2.75, 3.05) is 0 Å². The fourth-order valence-corrected chi connectivity index (χ4v) is 8.25. The monoisotopic (exact) mass is 581 g/mol. The highest BCUT2D eigenvalue weighted by atomic mass is 16.1. The molecule has 5 aromatic carbocycles. The van der Waals surface area contributed by atoms with Gasteiger partial charge in [-0.1, -0.05) is 141 Å². The first-order chi connectivity index (χ1) is 22.2. The van der Waals surface area contributed by atoms with E-state index in [-0.39, 0.29) is 0 Å². The Kier molecular flexibility index (Phi) is 6.35. The van der Waals surface area contributed by atoms with Gasteiger partial charge in [0.1, 0.15) is 0 Å². The molecule has 0 amide bonds. The molecule has 0 bridgehead atoms. The van der Waals surface area contributed by atoms with Crippen molar-refractivity contribution in [3.05, 3.63) is 161 Å². The average Bonchev–Trinajstić information content (AvgIpc) is 3.69. The first-order valence-electron chi connectivity index (χ1n) is 16.0. The highest BCUT2D eigenvalue weighted by Gasteiger charge is 2.52. The first-order valence-corrected chi connectivity index (χ1v) is 16.0. The third-order valence-electron chi connectivity index (χ3n) is 9.99. The quantitative estimate of drug-likeness (QED) is 0.141. The molecule has 0 atom stereocenters. The Bertz CT molecular complexity index is 2230. The van der Waals surface area contributed by atoms with Crippen molar-refractivity contribution in [2.24, 2.45) is 0 Å². The third kappa shape index (κ3) is 3.60. The summed E-state index contributed by atoms with van der Waals surface area (Å²) >= 11 is 0. The van der Waals surface area contributed by atoms with Gasteiger partial charge in [-0.05, 0) is 70.4 Å². The van der Waals surface area contributed by atoms with Crippen molar-refractivity contribution in [2.45, 2.75) is 39.0 Å². The summed E-state index contributed by atoms with van der Waals surface area (Å²) in [6.07, 6.45) is 11.9. The Morgan fingerprint density at radius 3 is 1.98 bits per heavy atom. The number of benzene rings is 5. The molecule has 0 saturated heterocycles. The van der Waals surface area contributed by atoms with Crippen molar-refractivity contribution >= 4 is 33.8 Å². The van der Waals surface area contributed by atoms with Gasteiger partial charge in [0, 0.05) is 21.9 Å². The summed E-state index contributed by atoms with van der Waals surface area (Å²) in [7, 11) is 0. The number of unbranched alkanes of at least 4 members (excludes halogenated alkanes) is 1. The van der Waals surface area contributed by atoms with Crippen molar-refractivity contribution < 1.29 is 4.79 Å². The Hall–Kier alpha value is -5.21. The van der Waals surface area contributed by atoms with E-state index < -0.39 is 5.41 Å². The molecule has 2 aliphatic carbocycles. The summed E-state index contributed by atoms with van der Waals surface area (Å²) in [6, 6.07) is 37.5. The molecule has 218 valence electrons. The molecule has 0 fully saturated rings. The summed E-state index contributed by atoms with van der Waals surface area (Å²) in [4.78, 5) is 13.3. The maximum Gasteiger partial charge on any atom is 0.218 e. The van der Waals surface area contributed by atoms with E-state index in [0.29, 0.717) is 0 Å². The molecule has 1 heterocycles. The van der Waals surface area contributed by atoms with Gasteiger partial charge < -0.3 is 0 Å². The largest absolute Gasteiger partial charge is 0.281 e. The van der Waals surface area contributed by atoms with Crippen LogP contribution in [0.3, 0.4) is 0 Å². The molecule has 0 aliphatic heterocycles. The molecule has 2 nitrogen and oxygen atoms in total. The van der Waals surface area contributed by atoms with Gasteiger partial charge in [-0.3, -0.25) is 9.36 Å². The summed E-state index contributed by atoms with van der Waals surface area (Å²) in [5.41, 5.74) is 14.9. The van der Waals surface area contributed by atoms with Crippen LogP contribution in [0.1, 0.15) is 61.4 Å². The van der Waals surface area contributed by atoms with Crippen LogP contribution in [0.2, 0.25) is 0 Å². The number of allylic oxidation sites excluding steroid dienone is 6. The second kappa shape index (κ2) is 10.5. The van der Waals surface area contributed by atoms with Gasteiger partial charge >= 0.3 is 0 Å². The molecule has 8 rings (SSSR count). The second-order valence-corrected chi connectivity index (χ2v) is 12.2. The van der Waals surface area contributed by atoms with E-state index in [1.807, 2.05) is 4.57 Å². The van der Waals surface area contributed by atoms with Gasteiger partial charge in [0.15, 0.2) is 0 Å². The zero-order valence-electron chi connectivity index (χ0n) is 26.0. The predicted molar refractivity (Wildman–Crippen MR) is 189 cm³/mol. The van der Waals surface area contributed by atoms with Gasteiger partial charge in [-0.2, -0.15) is 0 Å². The first kappa shape index (κ1) is 27.3. The Morgan fingerprint density at radius 1 is 0.711 bits per heavy atom. The molecular weight excluding hydrogens is 546 g/mol. The summed E-state index contributed by atoms with van der Waals surface area (Å²) < 4.78 is 1.92. The van der Waals surface area contributed by atoms with Crippen LogP contribution in [0.4, 0.5) is 0 Å². The van der Waals surface area contributed by atoms with Gasteiger partial charge in [0.2, 0.25) is 6.41 Å². The van der Waals surface area contributed by atoms with E-state index in [1.165, 1.54) is 44.5 Å². The molecule has 1 spiro atoms. The van der Waals surface area contributed by atoms with Gasteiger partial charge in [0.25, 0.3) is 0 Å². The van der Waals surface area contributed by atoms with E-state index in [2.05, 4.69) is 148 Å². The van der Waals surface area contributed by atoms with Crippen molar-refractivity contribution in [3.63, 3.8) is 0 Å². The lowest BCUT2D eigenvalue weighted by atomic mass is 9.70. The molecule has 2 aliphatic rings. The lowest BCUT2D eigenvalue weighted by Crippen LogP contribution is -2.25. The van der Waals surface area contributed by atoms with E-state index in [4.69, 9.17) is 0 Å². The maximum atomic E-state index is 13.3. The molecular formula is C43H35NO. The van der Waals surface area contributed by atoms with E-state index >= 15 is 0 Å². The van der Waals surface area contributed by atoms with Gasteiger partial charge in [-0.15, -0.1) is 0 Å². The lowest BCUT2D eigenvalue weighted by Gasteiger charge is -2.30. The molecule has 0 radical (unpaired) electrons. The number of aromatic nitrogens is 1. The third-order valence-corrected chi connectivity index (χ3v) is 9.99. The Balaban J connectivity index is 1.48. The van der Waals surface area contributed by atoms with E-state index in [0.717, 1.165) is 57.8 Å². The number of carbonyl (C=O) groups is 1. The highest BCUT2D eigenvalue weighted by Crippen LogP contribution is 2.64. The molecule has 6 aromatic rings. The zero-order chi connectivity index (χ0) is 30.7. The molecule has 0 unspecified atom stereocenters. The molecule has 1 aromatic heterocycles. The fourth-order valence-electron chi connectivity index (χ4n) is 8.25. The number of rotatable bonds is 6. The summed E-state index contributed by atoms with van der Waals surface area (Å²) in [6.45, 7) is 6.44. The van der Waals surface area contributed by atoms with Crippen LogP contribution in [0.25, 0.3) is 49.6 Å². The van der Waals surface area contributed by atoms with Crippen LogP contribution < -0.4 is 0 Å². The number of hydrogen-bond donors (Lipinski definition) is 0. The minimum Gasteiger partial charge on any atom is -0.281 e. The molecule has 2 heteroatoms. The smallest absolute Gasteiger partial charge is 0.218 e. The lowest BCUT2D eigenvalue weighted by molar-refractivity contribution is 0.550. The van der Waals surface area contributed by atoms with Crippen molar-refractivity contribution in [1.29, 1.82) is 0 Å². The van der Waals surface area contributed by atoms with Crippen LogP contribution in [-0.2, 0) is 10.2 Å². The van der Waals surface area contributed by atoms with Crippen molar-refractivity contribution in [3.8, 4) is 22.3 Å². The molecule has 0 saturated carbocycles. The summed E-state index contributed by atoms with van der Waals surface area (Å²) in [5.74, 6) is 0. The van der Waals surface area contributed by atoms with E-state index in [9.17, 15) is 4.79 Å². The number of carbonyl (C=O) groups excluding carboxylic acids is 1. The number of hydrogen-bond acceptors (Lipinski definition) is 1. The van der Waals surface area contributed by atoms with Crippen LogP contribution in [0.5, 0.6) is 0 Å². The zero-order valence-corrected chi connectivity index (χ0v) is 26.0. The minimum absolute atomic E-state index is 0.446. The van der Waals surface area contributed by atoms with Crippen LogP contribution >= 0.6 is 0 Å². The maximum absolute atomic E-state index is 13.3. The standard InChI is InChI=1S/C43H35NO/c1-4-6-7-8-16-28(3)29(5-2)32-20-15-21-33-34-25-26-39-40(42(34)44(27-45)41(32)33)35-19-11-14-24-38(35)43(39)36-22-12-9-17-30(36)31-18-10-13-23-37(31)43/h5,7-27H,4,6H2,1-3H3/b8-7+,28-16-,29-5+. The Labute approximate surface area is 264 Å². The predicted octanol–water partition coefficient (Wildman–Crippen LogP) is 10.9. The fraction of sp³-hybridized carbons (Fsp3) is 0.140. The topological polar surface area (TPSA) is 22.0 Å². The number of nitrogens with zero attached hydrogens (tertiary/aromatic N) is 1. The van der Waals surface area contributed by atoms with Crippen LogP contribution in [0.15, 0.2) is 133 Å². The van der Waals surface area contributed by atoms with Gasteiger partial charge in [0.05, 0.1) is 16.4 Å². The normalized spacial score (nSPS) is 14.7. The second-order valence-electron chi connectivity index (χ2n) is 12.2. The van der Waals surface area contributed by atoms with Crippen LogP contribution in [-0.4, -0.2) is 11.0 Å². The minimum atomic E-state index is -0.446.